The van der Waals surface area contributed by atoms with Crippen LogP contribution in [0.15, 0.2) is 42.5 Å². The third-order valence-electron chi connectivity index (χ3n) is 4.07. The van der Waals surface area contributed by atoms with Crippen molar-refractivity contribution in [3.63, 3.8) is 0 Å². The first kappa shape index (κ1) is 18.7. The molecule has 0 atom stereocenters. The zero-order valence-corrected chi connectivity index (χ0v) is 14.9. The summed E-state index contributed by atoms with van der Waals surface area (Å²) >= 11 is 0. The van der Waals surface area contributed by atoms with Gasteiger partial charge in [-0.15, -0.1) is 0 Å². The summed E-state index contributed by atoms with van der Waals surface area (Å²) in [5.41, 5.74) is 1.51. The number of hydrogen-bond acceptors (Lipinski definition) is 5. The quantitative estimate of drug-likeness (QED) is 0.728. The topological polar surface area (TPSA) is 65.1 Å². The average molecular weight is 373 g/mol. The molecule has 1 heterocycles. The lowest BCUT2D eigenvalue weighted by Gasteiger charge is -2.21. The van der Waals surface area contributed by atoms with Crippen molar-refractivity contribution >= 4 is 11.9 Å². The lowest BCUT2D eigenvalue weighted by Crippen LogP contribution is -2.31. The van der Waals surface area contributed by atoms with E-state index in [-0.39, 0.29) is 24.8 Å². The van der Waals surface area contributed by atoms with Crippen molar-refractivity contribution in [2.75, 3.05) is 26.9 Å². The monoisotopic (exact) mass is 373 g/mol. The first-order chi connectivity index (χ1) is 13.0. The Bertz CT molecular complexity index is 822. The van der Waals surface area contributed by atoms with Crippen molar-refractivity contribution in [1.82, 2.24) is 4.90 Å². The number of benzene rings is 2. The van der Waals surface area contributed by atoms with Gasteiger partial charge in [0.1, 0.15) is 19.0 Å². The standard InChI is InChI=1S/C20H20FNO5/c1-22(12-15-4-7-17-18(10-15)26-9-8-25-17)19(23)13-27-20(24)11-14-2-5-16(21)6-3-14/h2-7,10H,8-9,11-13H2,1H3. The van der Waals surface area contributed by atoms with Crippen molar-refractivity contribution in [1.29, 1.82) is 0 Å². The van der Waals surface area contributed by atoms with E-state index in [9.17, 15) is 14.0 Å². The summed E-state index contributed by atoms with van der Waals surface area (Å²) in [6.45, 7) is 1.02. The maximum Gasteiger partial charge on any atom is 0.310 e. The van der Waals surface area contributed by atoms with Crippen molar-refractivity contribution in [2.24, 2.45) is 0 Å². The van der Waals surface area contributed by atoms with Gasteiger partial charge in [0, 0.05) is 13.6 Å². The highest BCUT2D eigenvalue weighted by Crippen LogP contribution is 2.31. The van der Waals surface area contributed by atoms with Crippen LogP contribution in [0.4, 0.5) is 4.39 Å². The van der Waals surface area contributed by atoms with Gasteiger partial charge >= 0.3 is 5.97 Å². The molecule has 0 aromatic heterocycles. The van der Waals surface area contributed by atoms with Gasteiger partial charge in [0.15, 0.2) is 18.1 Å². The highest BCUT2D eigenvalue weighted by molar-refractivity contribution is 5.81. The van der Waals surface area contributed by atoms with Gasteiger partial charge in [0.2, 0.25) is 0 Å². The van der Waals surface area contributed by atoms with E-state index in [0.29, 0.717) is 36.8 Å². The van der Waals surface area contributed by atoms with Crippen LogP contribution in [-0.2, 0) is 27.3 Å². The van der Waals surface area contributed by atoms with E-state index in [1.54, 1.807) is 7.05 Å². The summed E-state index contributed by atoms with van der Waals surface area (Å²) in [7, 11) is 1.63. The van der Waals surface area contributed by atoms with Gasteiger partial charge in [-0.25, -0.2) is 4.39 Å². The van der Waals surface area contributed by atoms with Gasteiger partial charge in [0.05, 0.1) is 6.42 Å². The van der Waals surface area contributed by atoms with Crippen LogP contribution >= 0.6 is 0 Å². The Labute approximate surface area is 156 Å². The number of carbonyl (C=O) groups is 2. The van der Waals surface area contributed by atoms with Gasteiger partial charge < -0.3 is 19.1 Å². The Morgan fingerprint density at radius 1 is 1.04 bits per heavy atom. The molecule has 6 nitrogen and oxygen atoms in total. The summed E-state index contributed by atoms with van der Waals surface area (Å²) in [5, 5.41) is 0. The first-order valence-electron chi connectivity index (χ1n) is 8.54. The number of fused-ring (bicyclic) bond motifs is 1. The highest BCUT2D eigenvalue weighted by atomic mass is 19.1. The molecule has 0 bridgehead atoms. The molecule has 1 aliphatic heterocycles. The number of halogens is 1. The molecule has 2 aromatic carbocycles. The van der Waals surface area contributed by atoms with Gasteiger partial charge in [-0.05, 0) is 35.4 Å². The Morgan fingerprint density at radius 2 is 1.70 bits per heavy atom. The summed E-state index contributed by atoms with van der Waals surface area (Å²) in [4.78, 5) is 25.5. The van der Waals surface area contributed by atoms with Crippen LogP contribution in [0.1, 0.15) is 11.1 Å². The molecule has 0 saturated carbocycles. The molecule has 3 rings (SSSR count). The molecule has 0 N–H and O–H groups in total. The van der Waals surface area contributed by atoms with Crippen molar-refractivity contribution in [3.05, 3.63) is 59.4 Å². The molecule has 0 aliphatic carbocycles. The number of hydrogen-bond donors (Lipinski definition) is 0. The number of rotatable bonds is 6. The minimum Gasteiger partial charge on any atom is -0.486 e. The second-order valence-electron chi connectivity index (χ2n) is 6.19. The third-order valence-corrected chi connectivity index (χ3v) is 4.07. The molecule has 0 unspecified atom stereocenters. The van der Waals surface area contributed by atoms with Gasteiger partial charge in [0.25, 0.3) is 5.91 Å². The Balaban J connectivity index is 1.47. The van der Waals surface area contributed by atoms with Crippen LogP contribution < -0.4 is 9.47 Å². The van der Waals surface area contributed by atoms with E-state index in [0.717, 1.165) is 5.56 Å². The highest BCUT2D eigenvalue weighted by Gasteiger charge is 2.16. The number of esters is 1. The Hall–Kier alpha value is -3.09. The molecule has 2 aromatic rings. The molecule has 0 fully saturated rings. The zero-order chi connectivity index (χ0) is 19.2. The van der Waals surface area contributed by atoms with Crippen molar-refractivity contribution < 1.29 is 28.2 Å². The summed E-state index contributed by atoms with van der Waals surface area (Å²) in [6, 6.07) is 11.1. The molecular weight excluding hydrogens is 353 g/mol. The minimum atomic E-state index is -0.539. The van der Waals surface area contributed by atoms with E-state index in [2.05, 4.69) is 0 Å². The van der Waals surface area contributed by atoms with E-state index in [1.165, 1.54) is 29.2 Å². The van der Waals surface area contributed by atoms with Crippen LogP contribution in [0.5, 0.6) is 11.5 Å². The zero-order valence-electron chi connectivity index (χ0n) is 14.9. The van der Waals surface area contributed by atoms with E-state index >= 15 is 0 Å². The lowest BCUT2D eigenvalue weighted by atomic mass is 10.1. The minimum absolute atomic E-state index is 0.0144. The van der Waals surface area contributed by atoms with Gasteiger partial charge in [-0.2, -0.15) is 0 Å². The lowest BCUT2D eigenvalue weighted by molar-refractivity contribution is -0.151. The van der Waals surface area contributed by atoms with Crippen LogP contribution in [0.2, 0.25) is 0 Å². The molecule has 0 saturated heterocycles. The predicted octanol–water partition coefficient (Wildman–Crippen LogP) is 2.34. The summed E-state index contributed by atoms with van der Waals surface area (Å²) in [5.74, 6) is 0.113. The molecule has 142 valence electrons. The molecule has 1 amide bonds. The maximum atomic E-state index is 12.9. The predicted molar refractivity (Wildman–Crippen MR) is 95.0 cm³/mol. The van der Waals surface area contributed by atoms with Gasteiger partial charge in [-0.3, -0.25) is 9.59 Å². The van der Waals surface area contributed by atoms with Crippen LogP contribution in [0, 0.1) is 5.82 Å². The van der Waals surface area contributed by atoms with Crippen LogP contribution in [0.3, 0.4) is 0 Å². The van der Waals surface area contributed by atoms with Crippen LogP contribution in [-0.4, -0.2) is 43.6 Å². The summed E-state index contributed by atoms with van der Waals surface area (Å²) in [6.07, 6.45) is -0.0144. The fourth-order valence-corrected chi connectivity index (χ4v) is 2.62. The SMILES string of the molecule is CN(Cc1ccc2c(c1)OCCO2)C(=O)COC(=O)Cc1ccc(F)cc1. The molecular formula is C20H20FNO5. The van der Waals surface area contributed by atoms with E-state index in [1.807, 2.05) is 18.2 Å². The first-order valence-corrected chi connectivity index (χ1v) is 8.54. The fourth-order valence-electron chi connectivity index (χ4n) is 2.62. The van der Waals surface area contributed by atoms with E-state index in [4.69, 9.17) is 14.2 Å². The van der Waals surface area contributed by atoms with Gasteiger partial charge in [-0.1, -0.05) is 18.2 Å². The fraction of sp³-hybridized carbons (Fsp3) is 0.300. The number of carbonyl (C=O) groups excluding carboxylic acids is 2. The van der Waals surface area contributed by atoms with Crippen molar-refractivity contribution in [3.8, 4) is 11.5 Å². The van der Waals surface area contributed by atoms with E-state index < -0.39 is 5.97 Å². The normalized spacial score (nSPS) is 12.4. The summed E-state index contributed by atoms with van der Waals surface area (Å²) < 4.78 is 28.9. The maximum absolute atomic E-state index is 12.9. The largest absolute Gasteiger partial charge is 0.486 e. The van der Waals surface area contributed by atoms with Crippen molar-refractivity contribution in [2.45, 2.75) is 13.0 Å². The van der Waals surface area contributed by atoms with Crippen LogP contribution in [0.25, 0.3) is 0 Å². The molecule has 1 aliphatic rings. The smallest absolute Gasteiger partial charge is 0.310 e. The average Bonchev–Trinajstić information content (AvgIpc) is 2.67. The number of ether oxygens (including phenoxy) is 3. The molecule has 0 spiro atoms. The molecule has 7 heteroatoms. The Morgan fingerprint density at radius 3 is 2.44 bits per heavy atom. The molecule has 27 heavy (non-hydrogen) atoms. The second-order valence-corrected chi connectivity index (χ2v) is 6.19. The number of amides is 1. The second kappa shape index (κ2) is 8.53. The Kier molecular flexibility index (Phi) is 5.90. The third kappa shape index (κ3) is 5.20. The number of likely N-dealkylation sites (N-methyl/N-ethyl adjacent to an activating group) is 1. The number of nitrogens with zero attached hydrogens (tertiary/aromatic N) is 1. The molecule has 0 radical (unpaired) electrons.